The van der Waals surface area contributed by atoms with Gasteiger partial charge in [0.25, 0.3) is 0 Å². The molecule has 0 saturated carbocycles. The lowest BCUT2D eigenvalue weighted by molar-refractivity contribution is 1.02. The predicted molar refractivity (Wildman–Crippen MR) is 92.7 cm³/mol. The number of pyridine rings is 1. The van der Waals surface area contributed by atoms with Crippen molar-refractivity contribution in [2.75, 3.05) is 10.6 Å². The summed E-state index contributed by atoms with van der Waals surface area (Å²) in [5.41, 5.74) is 3.25. The number of benzene rings is 1. The average Bonchev–Trinajstić information content (AvgIpc) is 2.62. The summed E-state index contributed by atoms with van der Waals surface area (Å²) in [6, 6.07) is 15.9. The van der Waals surface area contributed by atoms with E-state index in [1.807, 2.05) is 42.5 Å². The molecule has 0 radical (unpaired) electrons. The third kappa shape index (κ3) is 4.03. The zero-order chi connectivity index (χ0) is 15.9. The molecule has 0 aliphatic carbocycles. The minimum absolute atomic E-state index is 0.580. The van der Waals surface area contributed by atoms with Crippen molar-refractivity contribution in [1.29, 1.82) is 0 Å². The number of aryl methyl sites for hydroxylation is 1. The monoisotopic (exact) mass is 305 g/mol. The van der Waals surface area contributed by atoms with Crippen molar-refractivity contribution in [2.45, 2.75) is 19.9 Å². The number of nitrogens with zero attached hydrogens (tertiary/aromatic N) is 3. The van der Waals surface area contributed by atoms with Gasteiger partial charge in [0.05, 0.1) is 12.2 Å². The molecule has 0 bridgehead atoms. The minimum Gasteiger partial charge on any atom is -0.364 e. The van der Waals surface area contributed by atoms with Crippen molar-refractivity contribution < 1.29 is 0 Å². The highest BCUT2D eigenvalue weighted by Crippen LogP contribution is 2.19. The van der Waals surface area contributed by atoms with Crippen molar-refractivity contribution in [3.8, 4) is 0 Å². The Morgan fingerprint density at radius 3 is 2.61 bits per heavy atom. The van der Waals surface area contributed by atoms with Crippen molar-refractivity contribution in [3.05, 3.63) is 72.2 Å². The Bertz CT molecular complexity index is 758. The number of rotatable bonds is 6. The molecule has 0 amide bonds. The van der Waals surface area contributed by atoms with Gasteiger partial charge in [-0.25, -0.2) is 4.98 Å². The van der Waals surface area contributed by atoms with Crippen LogP contribution in [0.5, 0.6) is 0 Å². The van der Waals surface area contributed by atoms with Crippen LogP contribution in [0.1, 0.15) is 18.2 Å². The Morgan fingerprint density at radius 2 is 1.78 bits per heavy atom. The van der Waals surface area contributed by atoms with Gasteiger partial charge >= 0.3 is 0 Å². The fraction of sp³-hybridized carbons (Fsp3) is 0.167. The fourth-order valence-electron chi connectivity index (χ4n) is 2.27. The molecular formula is C18H19N5. The van der Waals surface area contributed by atoms with E-state index in [0.29, 0.717) is 12.5 Å². The van der Waals surface area contributed by atoms with Crippen LogP contribution in [0.3, 0.4) is 0 Å². The van der Waals surface area contributed by atoms with Crippen molar-refractivity contribution >= 4 is 17.5 Å². The van der Waals surface area contributed by atoms with Crippen LogP contribution >= 0.6 is 0 Å². The van der Waals surface area contributed by atoms with Crippen LogP contribution in [0.25, 0.3) is 0 Å². The van der Waals surface area contributed by atoms with Gasteiger partial charge in [-0.3, -0.25) is 4.98 Å². The van der Waals surface area contributed by atoms with Gasteiger partial charge in [-0.2, -0.15) is 4.98 Å². The second-order valence-corrected chi connectivity index (χ2v) is 5.08. The number of anilines is 3. The van der Waals surface area contributed by atoms with Crippen LogP contribution in [0.2, 0.25) is 0 Å². The van der Waals surface area contributed by atoms with E-state index in [-0.39, 0.29) is 0 Å². The van der Waals surface area contributed by atoms with Gasteiger partial charge in [0.15, 0.2) is 0 Å². The SMILES string of the molecule is CCc1ccccc1Nc1nccc(NCc2ccccn2)n1. The highest BCUT2D eigenvalue weighted by atomic mass is 15.1. The number of aromatic nitrogens is 3. The zero-order valence-corrected chi connectivity index (χ0v) is 13.0. The van der Waals surface area contributed by atoms with Crippen molar-refractivity contribution in [2.24, 2.45) is 0 Å². The number of para-hydroxylation sites is 1. The smallest absolute Gasteiger partial charge is 0.229 e. The average molecular weight is 305 g/mol. The van der Waals surface area contributed by atoms with Crippen LogP contribution in [0, 0.1) is 0 Å². The lowest BCUT2D eigenvalue weighted by Crippen LogP contribution is -2.05. The van der Waals surface area contributed by atoms with E-state index in [1.165, 1.54) is 5.56 Å². The van der Waals surface area contributed by atoms with E-state index in [9.17, 15) is 0 Å². The first kappa shape index (κ1) is 15.0. The summed E-state index contributed by atoms with van der Waals surface area (Å²) in [5.74, 6) is 1.35. The first-order chi connectivity index (χ1) is 11.3. The Morgan fingerprint density at radius 1 is 0.913 bits per heavy atom. The van der Waals surface area contributed by atoms with Crippen molar-refractivity contribution in [1.82, 2.24) is 15.0 Å². The lowest BCUT2D eigenvalue weighted by atomic mass is 10.1. The van der Waals surface area contributed by atoms with E-state index in [2.05, 4.69) is 38.6 Å². The molecule has 23 heavy (non-hydrogen) atoms. The predicted octanol–water partition coefficient (Wildman–Crippen LogP) is 3.79. The minimum atomic E-state index is 0.580. The normalized spacial score (nSPS) is 10.3. The van der Waals surface area contributed by atoms with Crippen LogP contribution in [-0.2, 0) is 13.0 Å². The summed E-state index contributed by atoms with van der Waals surface area (Å²) in [4.78, 5) is 13.1. The molecule has 0 spiro atoms. The van der Waals surface area contributed by atoms with Crippen LogP contribution in [-0.4, -0.2) is 15.0 Å². The van der Waals surface area contributed by atoms with Crippen LogP contribution in [0.4, 0.5) is 17.5 Å². The highest BCUT2D eigenvalue weighted by Gasteiger charge is 2.03. The van der Waals surface area contributed by atoms with Gasteiger partial charge in [0, 0.05) is 18.1 Å². The van der Waals surface area contributed by atoms with Crippen molar-refractivity contribution in [3.63, 3.8) is 0 Å². The maximum absolute atomic E-state index is 4.50. The second kappa shape index (κ2) is 7.35. The van der Waals surface area contributed by atoms with Gasteiger partial charge in [0.1, 0.15) is 5.82 Å². The van der Waals surface area contributed by atoms with Gasteiger partial charge < -0.3 is 10.6 Å². The van der Waals surface area contributed by atoms with Gasteiger partial charge in [-0.15, -0.1) is 0 Å². The molecule has 0 saturated heterocycles. The molecule has 0 unspecified atom stereocenters. The number of nitrogens with one attached hydrogen (secondary N) is 2. The molecule has 3 aromatic rings. The Balaban J connectivity index is 1.70. The molecule has 0 aliphatic rings. The van der Waals surface area contributed by atoms with E-state index >= 15 is 0 Å². The Kier molecular flexibility index (Phi) is 4.79. The topological polar surface area (TPSA) is 62.7 Å². The molecule has 0 aliphatic heterocycles. The third-order valence-corrected chi connectivity index (χ3v) is 3.48. The third-order valence-electron chi connectivity index (χ3n) is 3.48. The lowest BCUT2D eigenvalue weighted by Gasteiger charge is -2.10. The molecule has 5 heteroatoms. The number of hydrogen-bond acceptors (Lipinski definition) is 5. The quantitative estimate of drug-likeness (QED) is 0.725. The van der Waals surface area contributed by atoms with Gasteiger partial charge in [-0.05, 0) is 36.2 Å². The molecule has 2 aromatic heterocycles. The first-order valence-electron chi connectivity index (χ1n) is 7.67. The zero-order valence-electron chi connectivity index (χ0n) is 13.0. The van der Waals surface area contributed by atoms with Crippen LogP contribution < -0.4 is 10.6 Å². The number of hydrogen-bond donors (Lipinski definition) is 2. The molecule has 1 aromatic carbocycles. The Labute approximate surface area is 135 Å². The summed E-state index contributed by atoms with van der Waals surface area (Å²) >= 11 is 0. The van der Waals surface area contributed by atoms with E-state index in [0.717, 1.165) is 23.6 Å². The Hall–Kier alpha value is -2.95. The fourth-order valence-corrected chi connectivity index (χ4v) is 2.27. The van der Waals surface area contributed by atoms with Crippen LogP contribution in [0.15, 0.2) is 60.9 Å². The molecule has 5 nitrogen and oxygen atoms in total. The maximum atomic E-state index is 4.50. The first-order valence-corrected chi connectivity index (χ1v) is 7.67. The summed E-state index contributed by atoms with van der Waals surface area (Å²) in [6.45, 7) is 2.76. The second-order valence-electron chi connectivity index (χ2n) is 5.08. The molecule has 3 rings (SSSR count). The molecular weight excluding hydrogens is 286 g/mol. The molecule has 2 N–H and O–H groups in total. The van der Waals surface area contributed by atoms with E-state index in [4.69, 9.17) is 0 Å². The molecule has 0 fully saturated rings. The summed E-state index contributed by atoms with van der Waals surface area (Å²) in [5, 5.41) is 6.55. The highest BCUT2D eigenvalue weighted by molar-refractivity contribution is 5.59. The van der Waals surface area contributed by atoms with Gasteiger partial charge in [0.2, 0.25) is 5.95 Å². The molecule has 2 heterocycles. The van der Waals surface area contributed by atoms with E-state index in [1.54, 1.807) is 12.4 Å². The standard InChI is InChI=1S/C18H19N5/c1-2-14-7-3-4-9-16(14)22-18-20-12-10-17(23-18)21-13-15-8-5-6-11-19-15/h3-12H,2,13H2,1H3,(H2,20,21,22,23). The largest absolute Gasteiger partial charge is 0.364 e. The summed E-state index contributed by atoms with van der Waals surface area (Å²) in [6.07, 6.45) is 4.48. The summed E-state index contributed by atoms with van der Waals surface area (Å²) < 4.78 is 0. The summed E-state index contributed by atoms with van der Waals surface area (Å²) in [7, 11) is 0. The van der Waals surface area contributed by atoms with Gasteiger partial charge in [-0.1, -0.05) is 31.2 Å². The maximum Gasteiger partial charge on any atom is 0.229 e. The van der Waals surface area contributed by atoms with E-state index < -0.39 is 0 Å². The molecule has 0 atom stereocenters. The molecule has 116 valence electrons.